The highest BCUT2D eigenvalue weighted by Gasteiger charge is 1.98. The molecule has 0 saturated carbocycles. The summed E-state index contributed by atoms with van der Waals surface area (Å²) in [5, 5.41) is 0. The Morgan fingerprint density at radius 1 is 1.44 bits per heavy atom. The average Bonchev–Trinajstić information content (AvgIpc) is 2.25. The molecule has 1 aromatic rings. The summed E-state index contributed by atoms with van der Waals surface area (Å²) in [7, 11) is 0. The van der Waals surface area contributed by atoms with E-state index in [2.05, 4.69) is 15.9 Å². The summed E-state index contributed by atoms with van der Waals surface area (Å²) in [6.45, 7) is 2.71. The predicted octanol–water partition coefficient (Wildman–Crippen LogP) is 4.04. The van der Waals surface area contributed by atoms with Crippen LogP contribution in [0.15, 0.2) is 40.3 Å². The van der Waals surface area contributed by atoms with Crippen molar-refractivity contribution >= 4 is 27.5 Å². The predicted molar refractivity (Wildman–Crippen MR) is 69.5 cm³/mol. The van der Waals surface area contributed by atoms with Gasteiger partial charge in [-0.3, -0.25) is 0 Å². The Morgan fingerprint density at radius 2 is 2.12 bits per heavy atom. The molecule has 4 heteroatoms. The quantitative estimate of drug-likeness (QED) is 0.583. The van der Waals surface area contributed by atoms with Crippen LogP contribution < -0.4 is 0 Å². The van der Waals surface area contributed by atoms with Gasteiger partial charge < -0.3 is 9.47 Å². The minimum atomic E-state index is -0.0670. The third-order valence-electron chi connectivity index (χ3n) is 1.89. The van der Waals surface area contributed by atoms with Gasteiger partial charge in [0.05, 0.1) is 16.7 Å². The molecule has 0 N–H and O–H groups in total. The summed E-state index contributed by atoms with van der Waals surface area (Å²) >= 11 is 8.76. The molecule has 1 unspecified atom stereocenters. The van der Waals surface area contributed by atoms with E-state index in [-0.39, 0.29) is 12.9 Å². The summed E-state index contributed by atoms with van der Waals surface area (Å²) in [4.78, 5) is 0. The van der Waals surface area contributed by atoms with Gasteiger partial charge in [0.15, 0.2) is 0 Å². The number of benzene rings is 1. The fourth-order valence-electron chi connectivity index (χ4n) is 1.11. The molecular weight excluding hydrogens is 291 g/mol. The molecule has 1 aromatic carbocycles. The van der Waals surface area contributed by atoms with Crippen molar-refractivity contribution in [1.82, 2.24) is 0 Å². The van der Waals surface area contributed by atoms with E-state index in [0.717, 1.165) is 5.56 Å². The number of rotatable bonds is 6. The first-order valence-corrected chi connectivity index (χ1v) is 6.11. The summed E-state index contributed by atoms with van der Waals surface area (Å²) in [6, 6.07) is 9.97. The maximum absolute atomic E-state index is 5.64. The van der Waals surface area contributed by atoms with E-state index in [4.69, 9.17) is 21.1 Å². The molecule has 0 radical (unpaired) electrons. The third kappa shape index (κ3) is 6.28. The van der Waals surface area contributed by atoms with Gasteiger partial charge in [0.2, 0.25) is 0 Å². The van der Waals surface area contributed by atoms with Crippen molar-refractivity contribution in [3.05, 3.63) is 45.9 Å². The van der Waals surface area contributed by atoms with Crippen molar-refractivity contribution in [2.75, 3.05) is 6.79 Å². The Morgan fingerprint density at radius 3 is 2.75 bits per heavy atom. The van der Waals surface area contributed by atoms with E-state index in [0.29, 0.717) is 10.5 Å². The highest BCUT2D eigenvalue weighted by molar-refractivity contribution is 9.12. The highest BCUT2D eigenvalue weighted by Crippen LogP contribution is 2.12. The zero-order valence-corrected chi connectivity index (χ0v) is 11.4. The van der Waals surface area contributed by atoms with Crippen molar-refractivity contribution < 1.29 is 9.47 Å². The number of halogens is 2. The average molecular weight is 306 g/mol. The topological polar surface area (TPSA) is 18.5 Å². The molecule has 0 fully saturated rings. The second-order valence-electron chi connectivity index (χ2n) is 3.28. The molecular formula is C12H14BrClO2. The monoisotopic (exact) mass is 304 g/mol. The summed E-state index contributed by atoms with van der Waals surface area (Å²) in [5.74, 6) is 0. The molecule has 1 atom stereocenters. The molecule has 2 nitrogen and oxygen atoms in total. The lowest BCUT2D eigenvalue weighted by molar-refractivity contribution is -0.0774. The zero-order valence-electron chi connectivity index (χ0n) is 9.03. The van der Waals surface area contributed by atoms with E-state index in [9.17, 15) is 0 Å². The molecule has 0 aliphatic carbocycles. The van der Waals surface area contributed by atoms with E-state index < -0.39 is 0 Å². The standard InChI is InChI=1S/C12H14BrClO2/c1-10(7-12(13)14)16-9-15-8-11-5-3-2-4-6-11/h2-7,10H,8-9H2,1H3/b12-7-. The van der Waals surface area contributed by atoms with Crippen LogP contribution >= 0.6 is 27.5 Å². The van der Waals surface area contributed by atoms with Gasteiger partial charge >= 0.3 is 0 Å². The van der Waals surface area contributed by atoms with Gasteiger partial charge in [-0.25, -0.2) is 0 Å². The minimum Gasteiger partial charge on any atom is -0.351 e. The highest BCUT2D eigenvalue weighted by atomic mass is 79.9. The van der Waals surface area contributed by atoms with Gasteiger partial charge in [-0.2, -0.15) is 0 Å². The van der Waals surface area contributed by atoms with Crippen LogP contribution in [0, 0.1) is 0 Å². The lowest BCUT2D eigenvalue weighted by atomic mass is 10.2. The van der Waals surface area contributed by atoms with Gasteiger partial charge in [0.1, 0.15) is 6.79 Å². The van der Waals surface area contributed by atoms with E-state index in [1.165, 1.54) is 0 Å². The first-order chi connectivity index (χ1) is 7.68. The fraction of sp³-hybridized carbons (Fsp3) is 0.333. The molecule has 16 heavy (non-hydrogen) atoms. The molecule has 0 saturated heterocycles. The normalized spacial score (nSPS) is 13.8. The Hall–Kier alpha value is -0.350. The van der Waals surface area contributed by atoms with Crippen LogP contribution in [0.3, 0.4) is 0 Å². The van der Waals surface area contributed by atoms with Gasteiger partial charge in [-0.15, -0.1) is 0 Å². The molecule has 0 bridgehead atoms. The molecule has 0 aromatic heterocycles. The van der Waals surface area contributed by atoms with Crippen LogP contribution in [0.1, 0.15) is 12.5 Å². The Bertz CT molecular complexity index is 323. The van der Waals surface area contributed by atoms with Gasteiger partial charge in [-0.05, 0) is 34.5 Å². The van der Waals surface area contributed by atoms with Crippen LogP contribution in [0.2, 0.25) is 0 Å². The maximum atomic E-state index is 5.64. The van der Waals surface area contributed by atoms with Crippen molar-refractivity contribution in [3.8, 4) is 0 Å². The van der Waals surface area contributed by atoms with E-state index >= 15 is 0 Å². The van der Waals surface area contributed by atoms with Gasteiger partial charge in [-0.1, -0.05) is 41.9 Å². The van der Waals surface area contributed by atoms with Crippen LogP contribution in [0.5, 0.6) is 0 Å². The number of hydrogen-bond donors (Lipinski definition) is 0. The number of ether oxygens (including phenoxy) is 2. The maximum Gasteiger partial charge on any atom is 0.147 e. The first kappa shape index (κ1) is 13.7. The fourth-order valence-corrected chi connectivity index (χ4v) is 1.66. The molecule has 0 amide bonds. The van der Waals surface area contributed by atoms with E-state index in [1.54, 1.807) is 6.08 Å². The third-order valence-corrected chi connectivity index (χ3v) is 2.28. The Balaban J connectivity index is 2.15. The van der Waals surface area contributed by atoms with Crippen molar-refractivity contribution in [2.45, 2.75) is 19.6 Å². The lowest BCUT2D eigenvalue weighted by Crippen LogP contribution is -2.08. The molecule has 0 aliphatic rings. The smallest absolute Gasteiger partial charge is 0.147 e. The molecule has 0 heterocycles. The first-order valence-electron chi connectivity index (χ1n) is 4.94. The molecule has 1 rings (SSSR count). The van der Waals surface area contributed by atoms with Crippen molar-refractivity contribution in [2.24, 2.45) is 0 Å². The lowest BCUT2D eigenvalue weighted by Gasteiger charge is -2.09. The van der Waals surface area contributed by atoms with Crippen LogP contribution in [-0.4, -0.2) is 12.9 Å². The summed E-state index contributed by atoms with van der Waals surface area (Å²) < 4.78 is 11.3. The van der Waals surface area contributed by atoms with E-state index in [1.807, 2.05) is 37.3 Å². The largest absolute Gasteiger partial charge is 0.351 e. The molecule has 0 aliphatic heterocycles. The van der Waals surface area contributed by atoms with Crippen LogP contribution in [0.4, 0.5) is 0 Å². The number of hydrogen-bond acceptors (Lipinski definition) is 2. The molecule has 0 spiro atoms. The Kier molecular flexibility index (Phi) is 6.73. The molecule has 88 valence electrons. The second kappa shape index (κ2) is 7.85. The minimum absolute atomic E-state index is 0.0670. The van der Waals surface area contributed by atoms with Crippen LogP contribution in [-0.2, 0) is 16.1 Å². The Labute approximate surface area is 109 Å². The second-order valence-corrected chi connectivity index (χ2v) is 5.00. The van der Waals surface area contributed by atoms with Crippen molar-refractivity contribution in [3.63, 3.8) is 0 Å². The SMILES string of the molecule is CC(/C=C(\Cl)Br)OCOCc1ccccc1. The summed E-state index contributed by atoms with van der Waals surface area (Å²) in [6.07, 6.45) is 1.69. The zero-order chi connectivity index (χ0) is 11.8. The summed E-state index contributed by atoms with van der Waals surface area (Å²) in [5.41, 5.74) is 1.13. The van der Waals surface area contributed by atoms with Crippen molar-refractivity contribution in [1.29, 1.82) is 0 Å². The van der Waals surface area contributed by atoms with Gasteiger partial charge in [0, 0.05) is 0 Å². The van der Waals surface area contributed by atoms with Crippen LogP contribution in [0.25, 0.3) is 0 Å². The van der Waals surface area contributed by atoms with Gasteiger partial charge in [0.25, 0.3) is 0 Å².